The fourth-order valence-corrected chi connectivity index (χ4v) is 3.75. The lowest BCUT2D eigenvalue weighted by atomic mass is 10.0. The summed E-state index contributed by atoms with van der Waals surface area (Å²) in [5.41, 5.74) is 9.51. The normalized spacial score (nSPS) is 11.4. The van der Waals surface area contributed by atoms with Gasteiger partial charge in [-0.15, -0.1) is 0 Å². The first-order chi connectivity index (χ1) is 15.9. The average Bonchev–Trinajstić information content (AvgIpc) is 3.40. The monoisotopic (exact) mass is 440 g/mol. The van der Waals surface area contributed by atoms with E-state index in [1.165, 1.54) is 5.56 Å². The van der Waals surface area contributed by atoms with Gasteiger partial charge in [-0.25, -0.2) is 10.1 Å². The molecule has 2 aromatic carbocycles. The summed E-state index contributed by atoms with van der Waals surface area (Å²) < 4.78 is 1.87. The highest BCUT2D eigenvalue weighted by atomic mass is 16.2. The summed E-state index contributed by atoms with van der Waals surface area (Å²) in [5.74, 6) is 0.254. The van der Waals surface area contributed by atoms with E-state index in [2.05, 4.69) is 51.8 Å². The highest BCUT2D eigenvalue weighted by molar-refractivity contribution is 5.94. The number of hydrogen-bond acceptors (Lipinski definition) is 4. The van der Waals surface area contributed by atoms with Crippen LogP contribution in [0.4, 0.5) is 0 Å². The lowest BCUT2D eigenvalue weighted by Crippen LogP contribution is -2.18. The maximum Gasteiger partial charge on any atom is 0.289 e. The van der Waals surface area contributed by atoms with Crippen LogP contribution in [0.15, 0.2) is 65.8 Å². The number of H-pyrrole nitrogens is 1. The van der Waals surface area contributed by atoms with Gasteiger partial charge in [0.25, 0.3) is 5.91 Å². The molecule has 0 aliphatic carbocycles. The lowest BCUT2D eigenvalue weighted by molar-refractivity contribution is 0.0950. The number of rotatable bonds is 7. The van der Waals surface area contributed by atoms with Gasteiger partial charge in [0.2, 0.25) is 0 Å². The Labute approximate surface area is 193 Å². The zero-order valence-corrected chi connectivity index (χ0v) is 19.3. The van der Waals surface area contributed by atoms with Crippen molar-refractivity contribution in [2.45, 2.75) is 34.1 Å². The minimum Gasteiger partial charge on any atom is -0.272 e. The van der Waals surface area contributed by atoms with Crippen LogP contribution in [-0.4, -0.2) is 32.1 Å². The van der Waals surface area contributed by atoms with Crippen LogP contribution in [0.1, 0.15) is 46.9 Å². The van der Waals surface area contributed by atoms with Gasteiger partial charge in [-0.3, -0.25) is 9.89 Å². The predicted octanol–water partition coefficient (Wildman–Crippen LogP) is 4.84. The van der Waals surface area contributed by atoms with Gasteiger partial charge in [-0.1, -0.05) is 56.3 Å². The number of aryl methyl sites for hydroxylation is 1. The SMILES string of the molecule is Cc1nn(-c2ccccc2)c(C)c1C=NNC(=O)c1cc(-c2ccc(CC(C)C)cc2)n[nH]1. The van der Waals surface area contributed by atoms with Gasteiger partial charge in [0.15, 0.2) is 0 Å². The van der Waals surface area contributed by atoms with Crippen LogP contribution < -0.4 is 5.43 Å². The van der Waals surface area contributed by atoms with Crippen LogP contribution in [0.5, 0.6) is 0 Å². The second-order valence-electron chi connectivity index (χ2n) is 8.49. The third-order valence-corrected chi connectivity index (χ3v) is 5.42. The Morgan fingerprint density at radius 1 is 1.12 bits per heavy atom. The summed E-state index contributed by atoms with van der Waals surface area (Å²) in [6, 6.07) is 19.9. The van der Waals surface area contributed by atoms with Crippen LogP contribution in [0, 0.1) is 19.8 Å². The summed E-state index contributed by atoms with van der Waals surface area (Å²) in [6.07, 6.45) is 2.66. The van der Waals surface area contributed by atoms with E-state index in [9.17, 15) is 4.79 Å². The molecule has 0 atom stereocenters. The highest BCUT2D eigenvalue weighted by Gasteiger charge is 2.13. The van der Waals surface area contributed by atoms with Crippen molar-refractivity contribution in [2.75, 3.05) is 0 Å². The summed E-state index contributed by atoms with van der Waals surface area (Å²) in [6.45, 7) is 8.30. The standard InChI is InChI=1S/C26H28N6O/c1-17(2)14-20-10-12-21(13-11-20)24-15-25(29-28-24)26(33)30-27-16-23-18(3)31-32(19(23)4)22-8-6-5-7-9-22/h5-13,15-17H,14H2,1-4H3,(H,28,29)(H,30,33). The van der Waals surface area contributed by atoms with Gasteiger partial charge in [0.1, 0.15) is 5.69 Å². The molecule has 4 aromatic rings. The smallest absolute Gasteiger partial charge is 0.272 e. The molecule has 2 N–H and O–H groups in total. The summed E-state index contributed by atoms with van der Waals surface area (Å²) in [7, 11) is 0. The minimum atomic E-state index is -0.354. The highest BCUT2D eigenvalue weighted by Crippen LogP contribution is 2.20. The molecular weight excluding hydrogens is 412 g/mol. The van der Waals surface area contributed by atoms with Crippen LogP contribution in [-0.2, 0) is 6.42 Å². The average molecular weight is 441 g/mol. The van der Waals surface area contributed by atoms with Crippen molar-refractivity contribution in [3.05, 3.63) is 88.9 Å². The van der Waals surface area contributed by atoms with E-state index in [4.69, 9.17) is 0 Å². The van der Waals surface area contributed by atoms with Gasteiger partial charge in [0.05, 0.1) is 29.0 Å². The number of aromatic nitrogens is 4. The third kappa shape index (κ3) is 5.09. The molecule has 33 heavy (non-hydrogen) atoms. The van der Waals surface area contributed by atoms with Crippen molar-refractivity contribution in [1.29, 1.82) is 0 Å². The molecule has 2 aromatic heterocycles. The molecule has 0 saturated carbocycles. The van der Waals surface area contributed by atoms with Crippen molar-refractivity contribution in [2.24, 2.45) is 11.0 Å². The molecule has 0 aliphatic rings. The van der Waals surface area contributed by atoms with Crippen LogP contribution >= 0.6 is 0 Å². The zero-order chi connectivity index (χ0) is 23.4. The number of benzene rings is 2. The molecule has 7 heteroatoms. The van der Waals surface area contributed by atoms with E-state index in [1.807, 2.05) is 61.0 Å². The first-order valence-electron chi connectivity index (χ1n) is 11.0. The Kier molecular flexibility index (Phi) is 6.49. The van der Waals surface area contributed by atoms with Gasteiger partial charge in [0, 0.05) is 11.1 Å². The van der Waals surface area contributed by atoms with Crippen molar-refractivity contribution in [1.82, 2.24) is 25.4 Å². The number of carbonyl (C=O) groups excluding carboxylic acids is 1. The predicted molar refractivity (Wildman–Crippen MR) is 131 cm³/mol. The largest absolute Gasteiger partial charge is 0.289 e. The quantitative estimate of drug-likeness (QED) is 0.318. The van der Waals surface area contributed by atoms with E-state index in [-0.39, 0.29) is 5.91 Å². The fraction of sp³-hybridized carbons (Fsp3) is 0.231. The van der Waals surface area contributed by atoms with Gasteiger partial charge >= 0.3 is 0 Å². The van der Waals surface area contributed by atoms with E-state index >= 15 is 0 Å². The number of carbonyl (C=O) groups is 1. The third-order valence-electron chi connectivity index (χ3n) is 5.42. The van der Waals surface area contributed by atoms with Crippen molar-refractivity contribution in [3.63, 3.8) is 0 Å². The second kappa shape index (κ2) is 9.65. The number of aromatic amines is 1. The Morgan fingerprint density at radius 2 is 1.85 bits per heavy atom. The van der Waals surface area contributed by atoms with Crippen LogP contribution in [0.25, 0.3) is 16.9 Å². The molecule has 4 rings (SSSR count). The van der Waals surface area contributed by atoms with E-state index in [0.29, 0.717) is 11.6 Å². The molecule has 0 radical (unpaired) electrons. The van der Waals surface area contributed by atoms with E-state index in [0.717, 1.165) is 40.3 Å². The maximum atomic E-state index is 12.5. The molecule has 168 valence electrons. The Hall–Kier alpha value is -4.00. The Balaban J connectivity index is 1.43. The van der Waals surface area contributed by atoms with Gasteiger partial charge in [-0.05, 0) is 49.9 Å². The van der Waals surface area contributed by atoms with E-state index < -0.39 is 0 Å². The minimum absolute atomic E-state index is 0.349. The summed E-state index contributed by atoms with van der Waals surface area (Å²) in [5, 5.41) is 15.8. The molecular formula is C26H28N6O. The number of nitrogens with zero attached hydrogens (tertiary/aromatic N) is 4. The first-order valence-corrected chi connectivity index (χ1v) is 11.0. The zero-order valence-electron chi connectivity index (χ0n) is 19.3. The number of nitrogens with one attached hydrogen (secondary N) is 2. The number of amides is 1. The van der Waals surface area contributed by atoms with Crippen molar-refractivity contribution < 1.29 is 4.79 Å². The summed E-state index contributed by atoms with van der Waals surface area (Å²) >= 11 is 0. The van der Waals surface area contributed by atoms with Crippen molar-refractivity contribution >= 4 is 12.1 Å². The molecule has 0 spiro atoms. The Bertz CT molecular complexity index is 1270. The molecule has 2 heterocycles. The second-order valence-corrected chi connectivity index (χ2v) is 8.49. The molecule has 0 unspecified atom stereocenters. The molecule has 0 bridgehead atoms. The number of para-hydroxylation sites is 1. The summed E-state index contributed by atoms with van der Waals surface area (Å²) in [4.78, 5) is 12.5. The van der Waals surface area contributed by atoms with Crippen molar-refractivity contribution in [3.8, 4) is 16.9 Å². The lowest BCUT2D eigenvalue weighted by Gasteiger charge is -2.05. The van der Waals surface area contributed by atoms with Gasteiger partial charge in [-0.2, -0.15) is 15.3 Å². The van der Waals surface area contributed by atoms with Crippen LogP contribution in [0.2, 0.25) is 0 Å². The Morgan fingerprint density at radius 3 is 2.55 bits per heavy atom. The number of hydrazone groups is 1. The molecule has 1 amide bonds. The first kappa shape index (κ1) is 22.2. The molecule has 0 fully saturated rings. The maximum absolute atomic E-state index is 12.5. The molecule has 0 saturated heterocycles. The fourth-order valence-electron chi connectivity index (χ4n) is 3.75. The van der Waals surface area contributed by atoms with E-state index in [1.54, 1.807) is 12.3 Å². The van der Waals surface area contributed by atoms with Gasteiger partial charge < -0.3 is 0 Å². The topological polar surface area (TPSA) is 88.0 Å². The molecule has 0 aliphatic heterocycles. The molecule has 7 nitrogen and oxygen atoms in total. The van der Waals surface area contributed by atoms with Crippen LogP contribution in [0.3, 0.4) is 0 Å². The number of hydrogen-bond donors (Lipinski definition) is 2.